The zero-order valence-electron chi connectivity index (χ0n) is 14.9. The van der Waals surface area contributed by atoms with Crippen molar-refractivity contribution in [3.8, 4) is 17.2 Å². The van der Waals surface area contributed by atoms with Crippen LogP contribution in [0.4, 0.5) is 13.2 Å². The van der Waals surface area contributed by atoms with Gasteiger partial charge in [-0.05, 0) is 24.6 Å². The van der Waals surface area contributed by atoms with Crippen LogP contribution in [0.2, 0.25) is 0 Å². The van der Waals surface area contributed by atoms with Crippen LogP contribution in [0.15, 0.2) is 41.5 Å². The van der Waals surface area contributed by atoms with Crippen molar-refractivity contribution >= 4 is 12.1 Å². The lowest BCUT2D eigenvalue weighted by Gasteiger charge is -2.09. The fourth-order valence-corrected chi connectivity index (χ4v) is 2.58. The van der Waals surface area contributed by atoms with Gasteiger partial charge in [-0.1, -0.05) is 18.2 Å². The van der Waals surface area contributed by atoms with E-state index in [1.54, 1.807) is 12.1 Å². The van der Waals surface area contributed by atoms with Gasteiger partial charge in [0.25, 0.3) is 0 Å². The molecule has 0 aliphatic carbocycles. The first-order chi connectivity index (χ1) is 13.4. The Hall–Kier alpha value is -3.23. The predicted octanol–water partition coefficient (Wildman–Crippen LogP) is 3.53. The molecule has 0 unspecified atom stereocenters. The minimum atomic E-state index is -4.46. The Morgan fingerprint density at radius 2 is 2.00 bits per heavy atom. The molecule has 148 valence electrons. The number of nitrogens with one attached hydrogen (secondary N) is 1. The number of carbonyl (C=O) groups is 1. The third-order valence-corrected chi connectivity index (χ3v) is 3.82. The van der Waals surface area contributed by atoms with Crippen molar-refractivity contribution in [3.63, 3.8) is 0 Å². The first kappa shape index (κ1) is 19.5. The Bertz CT molecular complexity index is 897. The SMILES string of the molecule is CCOc1cc2c(cc1/C=N\NC(=O)Cc1cccc(C(F)(F)F)c1)OCO2. The van der Waals surface area contributed by atoms with Gasteiger partial charge in [0.1, 0.15) is 5.75 Å². The van der Waals surface area contributed by atoms with Crippen molar-refractivity contribution in [1.82, 2.24) is 5.43 Å². The number of carbonyl (C=O) groups excluding carboxylic acids is 1. The number of alkyl halides is 3. The van der Waals surface area contributed by atoms with Crippen LogP contribution >= 0.6 is 0 Å². The minimum absolute atomic E-state index is 0.106. The van der Waals surface area contributed by atoms with Crippen molar-refractivity contribution in [3.05, 3.63) is 53.1 Å². The number of hydrogen-bond acceptors (Lipinski definition) is 5. The number of nitrogens with zero attached hydrogens (tertiary/aromatic N) is 1. The number of fused-ring (bicyclic) bond motifs is 1. The van der Waals surface area contributed by atoms with Crippen molar-refractivity contribution in [2.45, 2.75) is 19.5 Å². The summed E-state index contributed by atoms with van der Waals surface area (Å²) in [6, 6.07) is 7.93. The third kappa shape index (κ3) is 4.73. The summed E-state index contributed by atoms with van der Waals surface area (Å²) in [7, 11) is 0. The molecule has 0 bridgehead atoms. The molecule has 2 aromatic carbocycles. The van der Waals surface area contributed by atoms with Crippen LogP contribution in [-0.4, -0.2) is 25.5 Å². The van der Waals surface area contributed by atoms with E-state index in [0.29, 0.717) is 29.4 Å². The van der Waals surface area contributed by atoms with Crippen molar-refractivity contribution in [1.29, 1.82) is 0 Å². The van der Waals surface area contributed by atoms with Crippen LogP contribution in [-0.2, 0) is 17.4 Å². The zero-order chi connectivity index (χ0) is 20.1. The highest BCUT2D eigenvalue weighted by Crippen LogP contribution is 2.37. The summed E-state index contributed by atoms with van der Waals surface area (Å²) in [6.07, 6.45) is -3.32. The van der Waals surface area contributed by atoms with E-state index >= 15 is 0 Å². The average molecular weight is 394 g/mol. The lowest BCUT2D eigenvalue weighted by Crippen LogP contribution is -2.20. The quantitative estimate of drug-likeness (QED) is 0.601. The van der Waals surface area contributed by atoms with Crippen molar-refractivity contribution in [2.75, 3.05) is 13.4 Å². The van der Waals surface area contributed by atoms with E-state index in [1.165, 1.54) is 18.3 Å². The van der Waals surface area contributed by atoms with Crippen molar-refractivity contribution < 1.29 is 32.2 Å². The molecule has 0 atom stereocenters. The van der Waals surface area contributed by atoms with E-state index in [2.05, 4.69) is 10.5 Å². The van der Waals surface area contributed by atoms with Gasteiger partial charge in [-0.3, -0.25) is 4.79 Å². The molecule has 0 fully saturated rings. The maximum Gasteiger partial charge on any atom is 0.416 e. The smallest absolute Gasteiger partial charge is 0.416 e. The summed E-state index contributed by atoms with van der Waals surface area (Å²) < 4.78 is 54.3. The summed E-state index contributed by atoms with van der Waals surface area (Å²) in [6.45, 7) is 2.35. The number of amides is 1. The molecule has 6 nitrogen and oxygen atoms in total. The number of ether oxygens (including phenoxy) is 3. The summed E-state index contributed by atoms with van der Waals surface area (Å²) in [5.41, 5.74) is 2.29. The largest absolute Gasteiger partial charge is 0.493 e. The monoisotopic (exact) mass is 394 g/mol. The molecule has 0 saturated heterocycles. The van der Waals surface area contributed by atoms with E-state index in [1.807, 2.05) is 6.92 Å². The number of rotatable bonds is 6. The second-order valence-electron chi connectivity index (χ2n) is 5.84. The Labute approximate surface area is 158 Å². The summed E-state index contributed by atoms with van der Waals surface area (Å²) in [5.74, 6) is 1.03. The van der Waals surface area contributed by atoms with Gasteiger partial charge in [0.2, 0.25) is 12.7 Å². The third-order valence-electron chi connectivity index (χ3n) is 3.82. The Balaban J connectivity index is 1.66. The van der Waals surface area contributed by atoms with E-state index in [9.17, 15) is 18.0 Å². The highest BCUT2D eigenvalue weighted by Gasteiger charge is 2.30. The van der Waals surface area contributed by atoms with Crippen LogP contribution in [0.3, 0.4) is 0 Å². The Kier molecular flexibility index (Phi) is 5.72. The van der Waals surface area contributed by atoms with Gasteiger partial charge in [-0.2, -0.15) is 18.3 Å². The number of hydrazone groups is 1. The molecule has 9 heteroatoms. The molecule has 2 aromatic rings. The van der Waals surface area contributed by atoms with Gasteiger partial charge in [-0.15, -0.1) is 0 Å². The standard InChI is InChI=1S/C19H17F3N2O4/c1-2-26-15-9-17-16(27-11-28-17)8-13(15)10-23-24-18(25)7-12-4-3-5-14(6-12)19(20,21)22/h3-6,8-10H,2,7,11H2,1H3,(H,24,25)/b23-10-. The molecule has 1 aliphatic heterocycles. The van der Waals surface area contributed by atoms with E-state index in [4.69, 9.17) is 14.2 Å². The van der Waals surface area contributed by atoms with Gasteiger partial charge in [0, 0.05) is 11.6 Å². The van der Waals surface area contributed by atoms with Crippen LogP contribution in [0.25, 0.3) is 0 Å². The summed E-state index contributed by atoms with van der Waals surface area (Å²) in [4.78, 5) is 12.0. The lowest BCUT2D eigenvalue weighted by atomic mass is 10.1. The molecular formula is C19H17F3N2O4. The fourth-order valence-electron chi connectivity index (χ4n) is 2.58. The number of halogens is 3. The minimum Gasteiger partial charge on any atom is -0.493 e. The maximum absolute atomic E-state index is 12.7. The molecule has 1 N–H and O–H groups in total. The molecule has 0 spiro atoms. The first-order valence-electron chi connectivity index (χ1n) is 8.41. The molecule has 28 heavy (non-hydrogen) atoms. The molecular weight excluding hydrogens is 377 g/mol. The second kappa shape index (κ2) is 8.20. The predicted molar refractivity (Wildman–Crippen MR) is 94.6 cm³/mol. The number of benzene rings is 2. The van der Waals surface area contributed by atoms with Gasteiger partial charge in [0.05, 0.1) is 24.8 Å². The highest BCUT2D eigenvalue weighted by molar-refractivity contribution is 5.87. The average Bonchev–Trinajstić information content (AvgIpc) is 3.09. The van der Waals surface area contributed by atoms with Crippen molar-refractivity contribution in [2.24, 2.45) is 5.10 Å². The molecule has 0 saturated carbocycles. The summed E-state index contributed by atoms with van der Waals surface area (Å²) >= 11 is 0. The molecule has 1 heterocycles. The Morgan fingerprint density at radius 3 is 2.71 bits per heavy atom. The molecule has 0 aromatic heterocycles. The first-order valence-corrected chi connectivity index (χ1v) is 8.41. The molecule has 1 aliphatic rings. The zero-order valence-corrected chi connectivity index (χ0v) is 14.9. The molecule has 3 rings (SSSR count). The van der Waals surface area contributed by atoms with Gasteiger partial charge < -0.3 is 14.2 Å². The van der Waals surface area contributed by atoms with E-state index in [0.717, 1.165) is 12.1 Å². The van der Waals surface area contributed by atoms with Gasteiger partial charge >= 0.3 is 6.18 Å². The summed E-state index contributed by atoms with van der Waals surface area (Å²) in [5, 5.41) is 3.85. The normalized spacial score (nSPS) is 13.0. The maximum atomic E-state index is 12.7. The molecule has 0 radical (unpaired) electrons. The van der Waals surface area contributed by atoms with E-state index in [-0.39, 0.29) is 18.8 Å². The van der Waals surface area contributed by atoms with Crippen LogP contribution in [0, 0.1) is 0 Å². The van der Waals surface area contributed by atoms with Crippen LogP contribution in [0.1, 0.15) is 23.6 Å². The fraction of sp³-hybridized carbons (Fsp3) is 0.263. The van der Waals surface area contributed by atoms with Gasteiger partial charge in [-0.25, -0.2) is 5.43 Å². The molecule has 1 amide bonds. The van der Waals surface area contributed by atoms with Gasteiger partial charge in [0.15, 0.2) is 11.5 Å². The Morgan fingerprint density at radius 1 is 1.25 bits per heavy atom. The van der Waals surface area contributed by atoms with Crippen LogP contribution < -0.4 is 19.6 Å². The number of hydrogen-bond donors (Lipinski definition) is 1. The highest BCUT2D eigenvalue weighted by atomic mass is 19.4. The topological polar surface area (TPSA) is 69.2 Å². The second-order valence-corrected chi connectivity index (χ2v) is 5.84. The lowest BCUT2D eigenvalue weighted by molar-refractivity contribution is -0.137. The van der Waals surface area contributed by atoms with Crippen LogP contribution in [0.5, 0.6) is 17.2 Å². The van der Waals surface area contributed by atoms with E-state index < -0.39 is 17.6 Å².